The molecule has 1 heterocycles. The molecule has 0 aliphatic heterocycles. The first-order valence-electron chi connectivity index (χ1n) is 3.68. The lowest BCUT2D eigenvalue weighted by atomic mass is 10.1. The molecule has 4 nitrogen and oxygen atoms in total. The molecule has 0 fully saturated rings. The second kappa shape index (κ2) is 4.34. The zero-order chi connectivity index (χ0) is 9.84. The highest BCUT2D eigenvalue weighted by atomic mass is 79.9. The van der Waals surface area contributed by atoms with Crippen LogP contribution < -0.4 is 5.73 Å². The fourth-order valence-electron chi connectivity index (χ4n) is 0.899. The molecule has 0 aromatic carbocycles. The molecule has 5 heteroatoms. The molecule has 1 atom stereocenters. The number of halogens is 1. The van der Waals surface area contributed by atoms with Crippen LogP contribution in [0.25, 0.3) is 0 Å². The van der Waals surface area contributed by atoms with Crippen molar-refractivity contribution in [2.75, 3.05) is 0 Å². The summed E-state index contributed by atoms with van der Waals surface area (Å²) >= 11 is 3.23. The predicted molar refractivity (Wildman–Crippen MR) is 51.1 cm³/mol. The largest absolute Gasteiger partial charge is 0.481 e. The van der Waals surface area contributed by atoms with E-state index in [1.165, 1.54) is 0 Å². The summed E-state index contributed by atoms with van der Waals surface area (Å²) < 4.78 is 0.846. The van der Waals surface area contributed by atoms with Crippen LogP contribution >= 0.6 is 15.9 Å². The molecule has 70 valence electrons. The third kappa shape index (κ3) is 3.12. The molecule has 13 heavy (non-hydrogen) atoms. The summed E-state index contributed by atoms with van der Waals surface area (Å²) in [7, 11) is 0. The van der Waals surface area contributed by atoms with Gasteiger partial charge in [0.25, 0.3) is 0 Å². The Hall–Kier alpha value is -0.940. The molecule has 0 bridgehead atoms. The molecule has 0 aliphatic rings. The van der Waals surface area contributed by atoms with Crippen molar-refractivity contribution in [2.45, 2.75) is 12.5 Å². The number of carboxylic acid groups (broad SMARTS) is 1. The van der Waals surface area contributed by atoms with Crippen LogP contribution in [-0.4, -0.2) is 16.1 Å². The summed E-state index contributed by atoms with van der Waals surface area (Å²) in [5.41, 5.74) is 6.18. The summed E-state index contributed by atoms with van der Waals surface area (Å²) in [4.78, 5) is 14.3. The topological polar surface area (TPSA) is 76.2 Å². The van der Waals surface area contributed by atoms with E-state index in [0.29, 0.717) is 5.69 Å². The Labute approximate surface area is 83.9 Å². The van der Waals surface area contributed by atoms with Gasteiger partial charge < -0.3 is 10.8 Å². The van der Waals surface area contributed by atoms with Gasteiger partial charge in [0.15, 0.2) is 0 Å². The number of carboxylic acids is 1. The molecule has 1 aromatic heterocycles. The normalized spacial score (nSPS) is 12.5. The fourth-order valence-corrected chi connectivity index (χ4v) is 1.13. The maximum atomic E-state index is 10.3. The van der Waals surface area contributed by atoms with E-state index in [1.807, 2.05) is 0 Å². The lowest BCUT2D eigenvalue weighted by Gasteiger charge is -2.07. The van der Waals surface area contributed by atoms with Gasteiger partial charge in [0.05, 0.1) is 18.2 Å². The van der Waals surface area contributed by atoms with E-state index in [2.05, 4.69) is 20.9 Å². The lowest BCUT2D eigenvalue weighted by Crippen LogP contribution is -2.16. The molecular formula is C8H9BrN2O2. The van der Waals surface area contributed by atoms with Gasteiger partial charge in [-0.15, -0.1) is 0 Å². The van der Waals surface area contributed by atoms with Gasteiger partial charge >= 0.3 is 5.97 Å². The monoisotopic (exact) mass is 244 g/mol. The Balaban J connectivity index is 2.71. The highest BCUT2D eigenvalue weighted by molar-refractivity contribution is 9.10. The maximum Gasteiger partial charge on any atom is 0.305 e. The van der Waals surface area contributed by atoms with Crippen LogP contribution in [0.2, 0.25) is 0 Å². The second-order valence-electron chi connectivity index (χ2n) is 2.61. The average molecular weight is 245 g/mol. The number of aliphatic carboxylic acids is 1. The highest BCUT2D eigenvalue weighted by Crippen LogP contribution is 2.14. The smallest absolute Gasteiger partial charge is 0.305 e. The standard InChI is InChI=1S/C8H9BrN2O2/c9-5-1-2-7(11-4-5)6(10)3-8(12)13/h1-2,4,6H,3,10H2,(H,12,13)/t6-/m0/s1. The molecular weight excluding hydrogens is 236 g/mol. The number of hydrogen-bond acceptors (Lipinski definition) is 3. The number of pyridine rings is 1. The summed E-state index contributed by atoms with van der Waals surface area (Å²) in [5, 5.41) is 8.48. The van der Waals surface area contributed by atoms with E-state index in [0.717, 1.165) is 4.47 Å². The predicted octanol–water partition coefficient (Wildman–Crippen LogP) is 1.32. The summed E-state index contributed by atoms with van der Waals surface area (Å²) in [5.74, 6) is -0.919. The summed E-state index contributed by atoms with van der Waals surface area (Å²) in [6.45, 7) is 0. The SMILES string of the molecule is N[C@@H](CC(=O)O)c1ccc(Br)cn1. The average Bonchev–Trinajstić information content (AvgIpc) is 2.04. The molecule has 1 rings (SSSR count). The van der Waals surface area contributed by atoms with E-state index in [-0.39, 0.29) is 6.42 Å². The number of hydrogen-bond donors (Lipinski definition) is 2. The third-order valence-electron chi connectivity index (χ3n) is 1.52. The zero-order valence-corrected chi connectivity index (χ0v) is 8.36. The highest BCUT2D eigenvalue weighted by Gasteiger charge is 2.11. The van der Waals surface area contributed by atoms with Gasteiger partial charge in [-0.05, 0) is 28.1 Å². The van der Waals surface area contributed by atoms with Gasteiger partial charge in [-0.3, -0.25) is 9.78 Å². The quantitative estimate of drug-likeness (QED) is 0.841. The summed E-state index contributed by atoms with van der Waals surface area (Å²) in [6, 6.07) is 2.95. The van der Waals surface area contributed by atoms with Crippen molar-refractivity contribution in [1.29, 1.82) is 0 Å². The van der Waals surface area contributed by atoms with Crippen molar-refractivity contribution in [3.63, 3.8) is 0 Å². The molecule has 0 aliphatic carbocycles. The van der Waals surface area contributed by atoms with E-state index in [9.17, 15) is 4.79 Å². The van der Waals surface area contributed by atoms with Crippen LogP contribution in [0.1, 0.15) is 18.2 Å². The number of rotatable bonds is 3. The number of carbonyl (C=O) groups is 1. The van der Waals surface area contributed by atoms with Gasteiger partial charge in [-0.25, -0.2) is 0 Å². The minimum absolute atomic E-state index is 0.103. The Morgan fingerprint density at radius 3 is 2.85 bits per heavy atom. The summed E-state index contributed by atoms with van der Waals surface area (Å²) in [6.07, 6.45) is 1.49. The van der Waals surface area contributed by atoms with Crippen LogP contribution in [0.4, 0.5) is 0 Å². The van der Waals surface area contributed by atoms with Crippen molar-refractivity contribution in [2.24, 2.45) is 5.73 Å². The van der Waals surface area contributed by atoms with Gasteiger partial charge in [-0.2, -0.15) is 0 Å². The van der Waals surface area contributed by atoms with Crippen LogP contribution in [0.15, 0.2) is 22.8 Å². The van der Waals surface area contributed by atoms with E-state index in [4.69, 9.17) is 10.8 Å². The van der Waals surface area contributed by atoms with Crippen molar-refractivity contribution < 1.29 is 9.90 Å². The molecule has 1 aromatic rings. The number of nitrogens with two attached hydrogens (primary N) is 1. The van der Waals surface area contributed by atoms with Crippen molar-refractivity contribution in [3.8, 4) is 0 Å². The number of aromatic nitrogens is 1. The Bertz CT molecular complexity index is 300. The molecule has 0 spiro atoms. The first-order chi connectivity index (χ1) is 6.09. The first kappa shape index (κ1) is 10.1. The van der Waals surface area contributed by atoms with E-state index >= 15 is 0 Å². The molecule has 3 N–H and O–H groups in total. The Kier molecular flexibility index (Phi) is 3.39. The third-order valence-corrected chi connectivity index (χ3v) is 1.99. The van der Waals surface area contributed by atoms with Gasteiger partial charge in [0.2, 0.25) is 0 Å². The van der Waals surface area contributed by atoms with Crippen molar-refractivity contribution in [3.05, 3.63) is 28.5 Å². The molecule has 0 saturated heterocycles. The Morgan fingerprint density at radius 1 is 1.69 bits per heavy atom. The fraction of sp³-hybridized carbons (Fsp3) is 0.250. The molecule has 0 saturated carbocycles. The van der Waals surface area contributed by atoms with Crippen molar-refractivity contribution >= 4 is 21.9 Å². The van der Waals surface area contributed by atoms with Crippen molar-refractivity contribution in [1.82, 2.24) is 4.98 Å². The Morgan fingerprint density at radius 2 is 2.38 bits per heavy atom. The molecule has 0 amide bonds. The first-order valence-corrected chi connectivity index (χ1v) is 4.47. The van der Waals surface area contributed by atoms with Crippen LogP contribution in [0.5, 0.6) is 0 Å². The minimum atomic E-state index is -0.919. The van der Waals surface area contributed by atoms with Gasteiger partial charge in [0, 0.05) is 10.7 Å². The van der Waals surface area contributed by atoms with Crippen LogP contribution in [0.3, 0.4) is 0 Å². The zero-order valence-electron chi connectivity index (χ0n) is 6.77. The van der Waals surface area contributed by atoms with Crippen LogP contribution in [-0.2, 0) is 4.79 Å². The lowest BCUT2D eigenvalue weighted by molar-refractivity contribution is -0.137. The maximum absolute atomic E-state index is 10.3. The second-order valence-corrected chi connectivity index (χ2v) is 3.52. The van der Waals surface area contributed by atoms with E-state index < -0.39 is 12.0 Å². The molecule has 0 radical (unpaired) electrons. The van der Waals surface area contributed by atoms with E-state index in [1.54, 1.807) is 18.3 Å². The van der Waals surface area contributed by atoms with Crippen LogP contribution in [0, 0.1) is 0 Å². The minimum Gasteiger partial charge on any atom is -0.481 e. The van der Waals surface area contributed by atoms with Gasteiger partial charge in [-0.1, -0.05) is 0 Å². The number of nitrogens with zero attached hydrogens (tertiary/aromatic N) is 1. The molecule has 0 unspecified atom stereocenters. The van der Waals surface area contributed by atoms with Gasteiger partial charge in [0.1, 0.15) is 0 Å².